The second kappa shape index (κ2) is 9.08. The lowest BCUT2D eigenvalue weighted by molar-refractivity contribution is 0.159. The summed E-state index contributed by atoms with van der Waals surface area (Å²) in [5, 5.41) is 15.5. The van der Waals surface area contributed by atoms with Crippen LogP contribution in [0.5, 0.6) is 5.75 Å². The number of hydrogen-bond donors (Lipinski definition) is 3. The Bertz CT molecular complexity index is 699. The third-order valence-corrected chi connectivity index (χ3v) is 4.06. The summed E-state index contributed by atoms with van der Waals surface area (Å²) in [5.74, 6) is 0.738. The van der Waals surface area contributed by atoms with Crippen LogP contribution < -0.4 is 15.4 Å². The summed E-state index contributed by atoms with van der Waals surface area (Å²) < 4.78 is 5.09. The van der Waals surface area contributed by atoms with E-state index < -0.39 is 0 Å². The minimum Gasteiger partial charge on any atom is -0.497 e. The summed E-state index contributed by atoms with van der Waals surface area (Å²) in [6.07, 6.45) is 1.85. The highest BCUT2D eigenvalue weighted by atomic mass is 16.5. The van der Waals surface area contributed by atoms with Crippen molar-refractivity contribution in [3.63, 3.8) is 0 Å². The van der Waals surface area contributed by atoms with E-state index >= 15 is 0 Å². The summed E-state index contributed by atoms with van der Waals surface area (Å²) >= 11 is 0. The van der Waals surface area contributed by atoms with Gasteiger partial charge in [-0.1, -0.05) is 26.0 Å². The molecule has 1 unspecified atom stereocenters. The van der Waals surface area contributed by atoms with Crippen molar-refractivity contribution in [2.75, 3.05) is 17.7 Å². The fraction of sp³-hybridized carbons (Fsp3) is 0.350. The van der Waals surface area contributed by atoms with E-state index in [0.717, 1.165) is 29.8 Å². The largest absolute Gasteiger partial charge is 0.497 e. The molecule has 0 fully saturated rings. The predicted molar refractivity (Wildman–Crippen MR) is 101 cm³/mol. The highest BCUT2D eigenvalue weighted by Gasteiger charge is 2.19. The Hall–Kier alpha value is -2.53. The number of carbonyl (C=O) groups is 1. The molecule has 2 amide bonds. The van der Waals surface area contributed by atoms with Crippen LogP contribution in [0, 0.1) is 0 Å². The lowest BCUT2D eigenvalue weighted by Gasteiger charge is -2.23. The molecule has 134 valence electrons. The number of nitrogens with one attached hydrogen (secondary N) is 2. The number of anilines is 2. The van der Waals surface area contributed by atoms with Crippen molar-refractivity contribution in [1.29, 1.82) is 0 Å². The summed E-state index contributed by atoms with van der Waals surface area (Å²) in [6.45, 7) is 4.00. The zero-order chi connectivity index (χ0) is 18.2. The Morgan fingerprint density at radius 2 is 1.84 bits per heavy atom. The lowest BCUT2D eigenvalue weighted by atomic mass is 9.88. The van der Waals surface area contributed by atoms with Gasteiger partial charge in [0.2, 0.25) is 0 Å². The smallest absolute Gasteiger partial charge is 0.323 e. The number of aliphatic hydroxyl groups excluding tert-OH is 1. The molecule has 0 heterocycles. The Kier molecular flexibility index (Phi) is 6.83. The van der Waals surface area contributed by atoms with Crippen LogP contribution in [0.4, 0.5) is 16.2 Å². The average molecular weight is 342 g/mol. The molecule has 0 aromatic heterocycles. The normalized spacial score (nSPS) is 15.3. The average Bonchev–Trinajstić information content (AvgIpc) is 2.64. The molecule has 25 heavy (non-hydrogen) atoms. The van der Waals surface area contributed by atoms with Gasteiger partial charge in [-0.3, -0.25) is 0 Å². The van der Waals surface area contributed by atoms with Crippen molar-refractivity contribution >= 4 is 17.4 Å². The van der Waals surface area contributed by atoms with Gasteiger partial charge in [-0.25, -0.2) is 4.79 Å². The first-order chi connectivity index (χ1) is 12.2. The minimum absolute atomic E-state index is 0.302. The van der Waals surface area contributed by atoms with E-state index in [9.17, 15) is 9.90 Å². The van der Waals surface area contributed by atoms with Crippen molar-refractivity contribution in [1.82, 2.24) is 0 Å². The first-order valence-electron chi connectivity index (χ1n) is 8.66. The molecule has 0 saturated carbocycles. The third kappa shape index (κ3) is 4.97. The van der Waals surface area contributed by atoms with Gasteiger partial charge in [0, 0.05) is 17.8 Å². The monoisotopic (exact) mass is 342 g/mol. The van der Waals surface area contributed by atoms with Crippen LogP contribution in [0.1, 0.15) is 31.4 Å². The van der Waals surface area contributed by atoms with Crippen LogP contribution in [0.15, 0.2) is 42.5 Å². The number of fused-ring (bicyclic) bond motifs is 1. The van der Waals surface area contributed by atoms with Crippen molar-refractivity contribution < 1.29 is 14.6 Å². The van der Waals surface area contributed by atoms with Gasteiger partial charge < -0.3 is 20.5 Å². The maximum absolute atomic E-state index is 12.2. The first-order valence-corrected chi connectivity index (χ1v) is 8.66. The number of carbonyl (C=O) groups excluding carboxylic acids is 1. The van der Waals surface area contributed by atoms with Crippen molar-refractivity contribution in [2.24, 2.45) is 0 Å². The standard InChI is InChI=1S/C18H20N2O3.C2H6/c1-23-15-9-6-13(7-10-15)19-18(22)20-17-4-2-3-12-5-8-14(21)11-16(12)17;1-2/h2-4,6-7,9-10,14,21H,5,8,11H2,1H3,(H2,19,20,22);1-2H3. The zero-order valence-corrected chi connectivity index (χ0v) is 15.0. The van der Waals surface area contributed by atoms with Crippen LogP contribution >= 0.6 is 0 Å². The lowest BCUT2D eigenvalue weighted by Crippen LogP contribution is -2.24. The number of amides is 2. The van der Waals surface area contributed by atoms with Gasteiger partial charge in [-0.15, -0.1) is 0 Å². The zero-order valence-electron chi connectivity index (χ0n) is 15.0. The summed E-state index contributed by atoms with van der Waals surface area (Å²) in [5.41, 5.74) is 3.66. The van der Waals surface area contributed by atoms with Gasteiger partial charge in [0.05, 0.1) is 13.2 Å². The second-order valence-corrected chi connectivity index (χ2v) is 5.65. The number of aliphatic hydroxyl groups is 1. The van der Waals surface area contributed by atoms with Crippen LogP contribution in [-0.4, -0.2) is 24.4 Å². The van der Waals surface area contributed by atoms with Crippen molar-refractivity contribution in [2.45, 2.75) is 39.2 Å². The van der Waals surface area contributed by atoms with E-state index in [-0.39, 0.29) is 12.1 Å². The van der Waals surface area contributed by atoms with Crippen molar-refractivity contribution in [3.8, 4) is 5.75 Å². The molecule has 0 saturated heterocycles. The highest BCUT2D eigenvalue weighted by molar-refractivity contribution is 6.00. The number of urea groups is 1. The quantitative estimate of drug-likeness (QED) is 0.782. The van der Waals surface area contributed by atoms with E-state index in [0.29, 0.717) is 12.1 Å². The summed E-state index contributed by atoms with van der Waals surface area (Å²) in [6, 6.07) is 12.7. The van der Waals surface area contributed by atoms with Crippen LogP contribution in [-0.2, 0) is 12.8 Å². The molecule has 3 rings (SSSR count). The van der Waals surface area contributed by atoms with Gasteiger partial charge in [-0.05, 0) is 54.3 Å². The van der Waals surface area contributed by atoms with E-state index in [4.69, 9.17) is 4.74 Å². The van der Waals surface area contributed by atoms with Crippen LogP contribution in [0.25, 0.3) is 0 Å². The fourth-order valence-electron chi connectivity index (χ4n) is 2.85. The van der Waals surface area contributed by atoms with E-state index in [1.165, 1.54) is 5.56 Å². The fourth-order valence-corrected chi connectivity index (χ4v) is 2.85. The molecular weight excluding hydrogens is 316 g/mol. The molecule has 5 heteroatoms. The number of hydrogen-bond acceptors (Lipinski definition) is 3. The number of aryl methyl sites for hydroxylation is 1. The number of ether oxygens (including phenoxy) is 1. The molecule has 0 spiro atoms. The molecule has 1 aliphatic rings. The topological polar surface area (TPSA) is 70.6 Å². The summed E-state index contributed by atoms with van der Waals surface area (Å²) in [7, 11) is 1.60. The van der Waals surface area contributed by atoms with E-state index in [2.05, 4.69) is 10.6 Å². The SMILES string of the molecule is CC.COc1ccc(NC(=O)Nc2cccc3c2CC(O)CC3)cc1. The Morgan fingerprint density at radius 3 is 2.52 bits per heavy atom. The number of rotatable bonds is 3. The molecule has 5 nitrogen and oxygen atoms in total. The number of methoxy groups -OCH3 is 1. The van der Waals surface area contributed by atoms with Crippen LogP contribution in [0.3, 0.4) is 0 Å². The maximum Gasteiger partial charge on any atom is 0.323 e. The Labute approximate surface area is 149 Å². The molecule has 1 aliphatic carbocycles. The van der Waals surface area contributed by atoms with Gasteiger partial charge in [0.25, 0.3) is 0 Å². The van der Waals surface area contributed by atoms with Gasteiger partial charge in [-0.2, -0.15) is 0 Å². The summed E-state index contributed by atoms with van der Waals surface area (Å²) in [4.78, 5) is 12.2. The molecule has 0 bridgehead atoms. The maximum atomic E-state index is 12.2. The van der Waals surface area contributed by atoms with Crippen molar-refractivity contribution in [3.05, 3.63) is 53.6 Å². The predicted octanol–water partition coefficient (Wildman–Crippen LogP) is 4.22. The van der Waals surface area contributed by atoms with Gasteiger partial charge in [0.15, 0.2) is 0 Å². The second-order valence-electron chi connectivity index (χ2n) is 5.65. The van der Waals surface area contributed by atoms with Gasteiger partial charge in [0.1, 0.15) is 5.75 Å². The molecule has 1 atom stereocenters. The van der Waals surface area contributed by atoms with Gasteiger partial charge >= 0.3 is 6.03 Å². The number of benzene rings is 2. The molecule has 0 radical (unpaired) electrons. The van der Waals surface area contributed by atoms with E-state index in [1.54, 1.807) is 31.4 Å². The Morgan fingerprint density at radius 1 is 1.12 bits per heavy atom. The van der Waals surface area contributed by atoms with Crippen LogP contribution in [0.2, 0.25) is 0 Å². The molecule has 0 aliphatic heterocycles. The Balaban J connectivity index is 0.00000109. The highest BCUT2D eigenvalue weighted by Crippen LogP contribution is 2.28. The van der Waals surface area contributed by atoms with E-state index in [1.807, 2.05) is 32.0 Å². The third-order valence-electron chi connectivity index (χ3n) is 4.06. The first kappa shape index (κ1) is 18.8. The minimum atomic E-state index is -0.338. The molecule has 2 aromatic carbocycles. The molecule has 3 N–H and O–H groups in total. The molecular formula is C20H26N2O3. The molecule has 2 aromatic rings.